The molecule has 0 aliphatic rings. The number of anilines is 1. The molecule has 0 saturated heterocycles. The number of nitrogen functional groups attached to an aromatic ring is 1. The summed E-state index contributed by atoms with van der Waals surface area (Å²) in [6.07, 6.45) is 6.97. The average molecular weight is 178 g/mol. The Labute approximate surface area is 76.3 Å². The Morgan fingerprint density at radius 3 is 3.15 bits per heavy atom. The van der Waals surface area contributed by atoms with E-state index in [2.05, 4.69) is 21.3 Å². The van der Waals surface area contributed by atoms with E-state index in [-0.39, 0.29) is 0 Å². The molecule has 0 aliphatic carbocycles. The third-order valence-corrected chi connectivity index (χ3v) is 1.29. The fourth-order valence-corrected chi connectivity index (χ4v) is 0.712. The number of nitrogens with one attached hydrogen (secondary N) is 1. The lowest BCUT2D eigenvalue weighted by atomic mass is 10.5. The molecule has 0 radical (unpaired) electrons. The molecule has 1 rings (SSSR count). The molecular formula is C8H10N4O. The van der Waals surface area contributed by atoms with Crippen molar-refractivity contribution < 1.29 is 4.74 Å². The molecule has 0 atom stereocenters. The van der Waals surface area contributed by atoms with Crippen molar-refractivity contribution in [2.45, 2.75) is 6.42 Å². The lowest BCUT2D eigenvalue weighted by Crippen LogP contribution is -2.09. The molecular weight excluding hydrogens is 168 g/mol. The highest BCUT2D eigenvalue weighted by Gasteiger charge is 1.96. The van der Waals surface area contributed by atoms with Crippen molar-refractivity contribution in [3.8, 4) is 18.2 Å². The molecule has 13 heavy (non-hydrogen) atoms. The Kier molecular flexibility index (Phi) is 3.54. The first-order chi connectivity index (χ1) is 6.36. The van der Waals surface area contributed by atoms with Crippen LogP contribution in [0.3, 0.4) is 0 Å². The Bertz CT molecular complexity index is 307. The third kappa shape index (κ3) is 2.97. The highest BCUT2D eigenvalue weighted by Crippen LogP contribution is 2.09. The SMILES string of the molecule is C#CCCOc1cc(NN)ncn1. The number of rotatable bonds is 4. The van der Waals surface area contributed by atoms with Crippen LogP contribution in [0, 0.1) is 12.3 Å². The van der Waals surface area contributed by atoms with E-state index in [1.807, 2.05) is 0 Å². The molecule has 1 heterocycles. The zero-order chi connectivity index (χ0) is 9.52. The topological polar surface area (TPSA) is 73.1 Å². The highest BCUT2D eigenvalue weighted by molar-refractivity contribution is 5.35. The van der Waals surface area contributed by atoms with Crippen molar-refractivity contribution in [2.24, 2.45) is 5.84 Å². The van der Waals surface area contributed by atoms with Gasteiger partial charge in [0, 0.05) is 12.5 Å². The van der Waals surface area contributed by atoms with Gasteiger partial charge in [-0.3, -0.25) is 0 Å². The lowest BCUT2D eigenvalue weighted by Gasteiger charge is -2.03. The number of ether oxygens (including phenoxy) is 1. The number of nitrogens with two attached hydrogens (primary N) is 1. The molecule has 1 aromatic rings. The molecule has 0 spiro atoms. The van der Waals surface area contributed by atoms with Gasteiger partial charge in [-0.15, -0.1) is 12.3 Å². The first kappa shape index (κ1) is 9.29. The van der Waals surface area contributed by atoms with E-state index in [1.165, 1.54) is 6.33 Å². The first-order valence-electron chi connectivity index (χ1n) is 3.71. The molecule has 1 aromatic heterocycles. The molecule has 5 nitrogen and oxygen atoms in total. The standard InChI is InChI=1S/C8H10N4O/c1-2-3-4-13-8-5-7(12-9)10-6-11-8/h1,5-6H,3-4,9H2,(H,10,11,12). The predicted octanol–water partition coefficient (Wildman–Crippen LogP) is 0.164. The smallest absolute Gasteiger partial charge is 0.218 e. The van der Waals surface area contributed by atoms with Crippen molar-refractivity contribution in [3.05, 3.63) is 12.4 Å². The molecule has 0 aliphatic heterocycles. The summed E-state index contributed by atoms with van der Waals surface area (Å²) >= 11 is 0. The summed E-state index contributed by atoms with van der Waals surface area (Å²) in [7, 11) is 0. The van der Waals surface area contributed by atoms with Gasteiger partial charge in [-0.05, 0) is 0 Å². The summed E-state index contributed by atoms with van der Waals surface area (Å²) < 4.78 is 5.20. The van der Waals surface area contributed by atoms with E-state index in [4.69, 9.17) is 17.0 Å². The van der Waals surface area contributed by atoms with Gasteiger partial charge >= 0.3 is 0 Å². The number of hydrogen-bond donors (Lipinski definition) is 2. The molecule has 5 heteroatoms. The largest absolute Gasteiger partial charge is 0.477 e. The number of terminal acetylenes is 1. The van der Waals surface area contributed by atoms with E-state index in [1.54, 1.807) is 6.07 Å². The molecule has 0 amide bonds. The second kappa shape index (κ2) is 4.95. The fourth-order valence-electron chi connectivity index (χ4n) is 0.712. The number of hydrazine groups is 1. The van der Waals surface area contributed by atoms with Gasteiger partial charge in [0.25, 0.3) is 0 Å². The summed E-state index contributed by atoms with van der Waals surface area (Å²) in [6.45, 7) is 0.442. The third-order valence-electron chi connectivity index (χ3n) is 1.29. The molecule has 3 N–H and O–H groups in total. The zero-order valence-electron chi connectivity index (χ0n) is 7.03. The van der Waals surface area contributed by atoms with Crippen LogP contribution in [0.4, 0.5) is 5.82 Å². The first-order valence-corrected chi connectivity index (χ1v) is 3.71. The predicted molar refractivity (Wildman–Crippen MR) is 48.8 cm³/mol. The van der Waals surface area contributed by atoms with Crippen molar-refractivity contribution in [2.75, 3.05) is 12.0 Å². The van der Waals surface area contributed by atoms with Crippen LogP contribution in [0.2, 0.25) is 0 Å². The van der Waals surface area contributed by atoms with Gasteiger partial charge in [-0.25, -0.2) is 15.8 Å². The van der Waals surface area contributed by atoms with Crippen LogP contribution in [0.1, 0.15) is 6.42 Å². The minimum Gasteiger partial charge on any atom is -0.477 e. The van der Waals surface area contributed by atoms with E-state index in [9.17, 15) is 0 Å². The second-order valence-electron chi connectivity index (χ2n) is 2.19. The van der Waals surface area contributed by atoms with Crippen LogP contribution in [-0.2, 0) is 0 Å². The quantitative estimate of drug-likeness (QED) is 0.297. The second-order valence-corrected chi connectivity index (χ2v) is 2.19. The monoisotopic (exact) mass is 178 g/mol. The normalized spacial score (nSPS) is 8.92. The molecule has 0 saturated carbocycles. The number of nitrogens with zero attached hydrogens (tertiary/aromatic N) is 2. The van der Waals surface area contributed by atoms with Crippen molar-refractivity contribution >= 4 is 5.82 Å². The lowest BCUT2D eigenvalue weighted by molar-refractivity contribution is 0.314. The summed E-state index contributed by atoms with van der Waals surface area (Å²) in [5, 5.41) is 0. The summed E-state index contributed by atoms with van der Waals surface area (Å²) in [5.41, 5.74) is 2.39. The Balaban J connectivity index is 2.52. The zero-order valence-corrected chi connectivity index (χ0v) is 7.03. The van der Waals surface area contributed by atoms with Crippen molar-refractivity contribution in [1.29, 1.82) is 0 Å². The molecule has 0 fully saturated rings. The van der Waals surface area contributed by atoms with E-state index >= 15 is 0 Å². The van der Waals surface area contributed by atoms with E-state index in [0.29, 0.717) is 24.7 Å². The number of hydrogen-bond acceptors (Lipinski definition) is 5. The van der Waals surface area contributed by atoms with Crippen LogP contribution in [0.5, 0.6) is 5.88 Å². The van der Waals surface area contributed by atoms with Gasteiger partial charge < -0.3 is 10.2 Å². The molecule has 0 unspecified atom stereocenters. The van der Waals surface area contributed by atoms with E-state index in [0.717, 1.165) is 0 Å². The average Bonchev–Trinajstić information content (AvgIpc) is 2.19. The van der Waals surface area contributed by atoms with Crippen LogP contribution in [0.15, 0.2) is 12.4 Å². The summed E-state index contributed by atoms with van der Waals surface area (Å²) in [4.78, 5) is 7.68. The van der Waals surface area contributed by atoms with Gasteiger partial charge in [0.15, 0.2) is 0 Å². The fraction of sp³-hybridized carbons (Fsp3) is 0.250. The van der Waals surface area contributed by atoms with E-state index < -0.39 is 0 Å². The minimum atomic E-state index is 0.442. The van der Waals surface area contributed by atoms with Gasteiger partial charge in [-0.1, -0.05) is 0 Å². The maximum atomic E-state index is 5.20. The Morgan fingerprint density at radius 2 is 2.46 bits per heavy atom. The van der Waals surface area contributed by atoms with Crippen LogP contribution in [0.25, 0.3) is 0 Å². The van der Waals surface area contributed by atoms with Gasteiger partial charge in [0.2, 0.25) is 5.88 Å². The van der Waals surface area contributed by atoms with Gasteiger partial charge in [-0.2, -0.15) is 0 Å². The molecule has 0 aromatic carbocycles. The van der Waals surface area contributed by atoms with Crippen LogP contribution >= 0.6 is 0 Å². The van der Waals surface area contributed by atoms with Gasteiger partial charge in [0.05, 0.1) is 0 Å². The summed E-state index contributed by atoms with van der Waals surface area (Å²) in [5.74, 6) is 8.57. The Morgan fingerprint density at radius 1 is 1.62 bits per heavy atom. The maximum absolute atomic E-state index is 5.20. The minimum absolute atomic E-state index is 0.442. The van der Waals surface area contributed by atoms with Crippen molar-refractivity contribution in [1.82, 2.24) is 9.97 Å². The number of aromatic nitrogens is 2. The molecule has 68 valence electrons. The molecule has 0 bridgehead atoms. The highest BCUT2D eigenvalue weighted by atomic mass is 16.5. The maximum Gasteiger partial charge on any atom is 0.218 e. The van der Waals surface area contributed by atoms with Gasteiger partial charge in [0.1, 0.15) is 18.8 Å². The summed E-state index contributed by atoms with van der Waals surface area (Å²) in [6, 6.07) is 1.59. The van der Waals surface area contributed by atoms with Crippen LogP contribution in [-0.4, -0.2) is 16.6 Å². The Hall–Kier alpha value is -1.80. The van der Waals surface area contributed by atoms with Crippen LogP contribution < -0.4 is 16.0 Å². The van der Waals surface area contributed by atoms with Crippen molar-refractivity contribution in [3.63, 3.8) is 0 Å².